The van der Waals surface area contributed by atoms with E-state index in [0.717, 1.165) is 5.01 Å². The van der Waals surface area contributed by atoms with Crippen LogP contribution in [0, 0.1) is 6.92 Å². The van der Waals surface area contributed by atoms with Crippen LogP contribution in [0.5, 0.6) is 0 Å². The van der Waals surface area contributed by atoms with Crippen molar-refractivity contribution in [2.24, 2.45) is 0 Å². The molecule has 0 aromatic carbocycles. The normalized spacial score (nSPS) is 10.6. The molecule has 2 heterocycles. The summed E-state index contributed by atoms with van der Waals surface area (Å²) in [6, 6.07) is 0. The first-order valence-electron chi connectivity index (χ1n) is 4.92. The summed E-state index contributed by atoms with van der Waals surface area (Å²) in [6.07, 6.45) is 5.34. The van der Waals surface area contributed by atoms with Gasteiger partial charge in [0.15, 0.2) is 5.16 Å². The molecule has 0 aliphatic heterocycles. The van der Waals surface area contributed by atoms with Gasteiger partial charge in [-0.05, 0) is 6.92 Å². The minimum absolute atomic E-state index is 0.0217. The molecule has 5 nitrogen and oxygen atoms in total. The van der Waals surface area contributed by atoms with Gasteiger partial charge in [0.1, 0.15) is 5.01 Å². The van der Waals surface area contributed by atoms with Crippen molar-refractivity contribution in [3.05, 3.63) is 28.5 Å². The highest BCUT2D eigenvalue weighted by molar-refractivity contribution is 7.99. The maximum Gasteiger partial charge on any atom is 0.313 e. The second kappa shape index (κ2) is 5.33. The minimum Gasteiger partial charge on any atom is -0.481 e. The van der Waals surface area contributed by atoms with Gasteiger partial charge < -0.3 is 9.67 Å². The van der Waals surface area contributed by atoms with E-state index >= 15 is 0 Å². The van der Waals surface area contributed by atoms with Gasteiger partial charge in [0.2, 0.25) is 0 Å². The van der Waals surface area contributed by atoms with E-state index in [-0.39, 0.29) is 5.75 Å². The van der Waals surface area contributed by atoms with Crippen LogP contribution in [0.15, 0.2) is 23.7 Å². The van der Waals surface area contributed by atoms with Crippen LogP contribution in [-0.4, -0.2) is 31.4 Å². The van der Waals surface area contributed by atoms with Crippen molar-refractivity contribution in [1.82, 2.24) is 14.5 Å². The Kier molecular flexibility index (Phi) is 3.80. The second-order valence-corrected chi connectivity index (χ2v) is 5.65. The number of carboxylic acid groups (broad SMARTS) is 1. The van der Waals surface area contributed by atoms with Gasteiger partial charge in [-0.25, -0.2) is 9.97 Å². The van der Waals surface area contributed by atoms with Crippen molar-refractivity contribution in [3.63, 3.8) is 0 Å². The Morgan fingerprint density at radius 2 is 2.41 bits per heavy atom. The Labute approximate surface area is 107 Å². The fourth-order valence-corrected chi connectivity index (χ4v) is 2.77. The van der Waals surface area contributed by atoms with Crippen molar-refractivity contribution in [2.75, 3.05) is 5.75 Å². The number of aliphatic carboxylic acids is 1. The number of aryl methyl sites for hydroxylation is 1. The summed E-state index contributed by atoms with van der Waals surface area (Å²) in [5, 5.41) is 10.3. The Hall–Kier alpha value is -1.34. The number of carboxylic acids is 1. The lowest BCUT2D eigenvalue weighted by Gasteiger charge is -2.03. The maximum absolute atomic E-state index is 10.5. The molecule has 0 aliphatic carbocycles. The Morgan fingerprint density at radius 1 is 1.59 bits per heavy atom. The lowest BCUT2D eigenvalue weighted by molar-refractivity contribution is -0.133. The number of carbonyl (C=O) groups is 1. The fourth-order valence-electron chi connectivity index (χ4n) is 1.30. The van der Waals surface area contributed by atoms with E-state index in [1.165, 1.54) is 16.6 Å². The van der Waals surface area contributed by atoms with Crippen LogP contribution in [0.4, 0.5) is 0 Å². The Bertz CT molecular complexity index is 521. The number of aromatic nitrogens is 3. The third kappa shape index (κ3) is 3.31. The molecule has 17 heavy (non-hydrogen) atoms. The summed E-state index contributed by atoms with van der Waals surface area (Å²) in [5.41, 5.74) is 0. The molecular formula is C10H11N3O2S2. The third-order valence-corrected chi connectivity index (χ3v) is 3.86. The third-order valence-electron chi connectivity index (χ3n) is 1.98. The van der Waals surface area contributed by atoms with Gasteiger partial charge >= 0.3 is 5.97 Å². The summed E-state index contributed by atoms with van der Waals surface area (Å²) in [5.74, 6) is -0.817. The van der Waals surface area contributed by atoms with Gasteiger partial charge in [-0.3, -0.25) is 4.79 Å². The predicted molar refractivity (Wildman–Crippen MR) is 66.5 cm³/mol. The van der Waals surface area contributed by atoms with Gasteiger partial charge in [-0.1, -0.05) is 11.8 Å². The Balaban J connectivity index is 2.06. The van der Waals surface area contributed by atoms with Gasteiger partial charge in [-0.15, -0.1) is 11.3 Å². The highest BCUT2D eigenvalue weighted by Crippen LogP contribution is 2.19. The number of hydrogen-bond donors (Lipinski definition) is 1. The molecule has 2 aromatic rings. The largest absolute Gasteiger partial charge is 0.481 e. The number of thioether (sulfide) groups is 1. The molecule has 0 radical (unpaired) electrons. The highest BCUT2D eigenvalue weighted by atomic mass is 32.2. The first-order valence-corrected chi connectivity index (χ1v) is 6.72. The number of nitrogens with zero attached hydrogens (tertiary/aromatic N) is 3. The molecular weight excluding hydrogens is 258 g/mol. The van der Waals surface area contributed by atoms with Crippen LogP contribution in [0.2, 0.25) is 0 Å². The van der Waals surface area contributed by atoms with Crippen LogP contribution in [0.1, 0.15) is 9.88 Å². The van der Waals surface area contributed by atoms with E-state index in [1.54, 1.807) is 17.5 Å². The molecule has 2 aromatic heterocycles. The fraction of sp³-hybridized carbons (Fsp3) is 0.300. The van der Waals surface area contributed by atoms with Crippen LogP contribution in [0.25, 0.3) is 0 Å². The number of rotatable bonds is 5. The molecule has 0 spiro atoms. The van der Waals surface area contributed by atoms with Crippen molar-refractivity contribution in [3.8, 4) is 0 Å². The van der Waals surface area contributed by atoms with E-state index in [4.69, 9.17) is 5.11 Å². The van der Waals surface area contributed by atoms with Gasteiger partial charge in [-0.2, -0.15) is 0 Å². The minimum atomic E-state index is -0.838. The van der Waals surface area contributed by atoms with Crippen molar-refractivity contribution < 1.29 is 9.90 Å². The standard InChI is InChI=1S/C10H11N3O2S2/c1-7-4-12-8(17-7)5-13-3-2-11-10(13)16-6-9(14)15/h2-4H,5-6H2,1H3,(H,14,15). The highest BCUT2D eigenvalue weighted by Gasteiger charge is 2.08. The van der Waals surface area contributed by atoms with Crippen LogP contribution < -0.4 is 0 Å². The molecule has 90 valence electrons. The molecule has 0 unspecified atom stereocenters. The zero-order valence-electron chi connectivity index (χ0n) is 9.16. The SMILES string of the molecule is Cc1cnc(Cn2ccnc2SCC(=O)O)s1. The predicted octanol–water partition coefficient (Wildman–Crippen LogP) is 1.87. The van der Waals surface area contributed by atoms with Crippen molar-refractivity contribution in [2.45, 2.75) is 18.6 Å². The molecule has 0 saturated heterocycles. The first kappa shape index (κ1) is 12.1. The van der Waals surface area contributed by atoms with Crippen LogP contribution in [0.3, 0.4) is 0 Å². The molecule has 1 N–H and O–H groups in total. The van der Waals surface area contributed by atoms with E-state index < -0.39 is 5.97 Å². The molecule has 0 saturated carbocycles. The van der Waals surface area contributed by atoms with Gasteiger partial charge in [0.25, 0.3) is 0 Å². The molecule has 2 rings (SSSR count). The van der Waals surface area contributed by atoms with Crippen LogP contribution >= 0.6 is 23.1 Å². The van der Waals surface area contributed by atoms with Crippen molar-refractivity contribution in [1.29, 1.82) is 0 Å². The molecule has 0 aliphatic rings. The summed E-state index contributed by atoms with van der Waals surface area (Å²) in [6.45, 7) is 2.65. The zero-order valence-corrected chi connectivity index (χ0v) is 10.8. The first-order chi connectivity index (χ1) is 8.15. The number of hydrogen-bond acceptors (Lipinski definition) is 5. The zero-order chi connectivity index (χ0) is 12.3. The summed E-state index contributed by atoms with van der Waals surface area (Å²) in [7, 11) is 0. The summed E-state index contributed by atoms with van der Waals surface area (Å²) >= 11 is 2.85. The van der Waals surface area contributed by atoms with Gasteiger partial charge in [0, 0.05) is 23.5 Å². The monoisotopic (exact) mass is 269 g/mol. The van der Waals surface area contributed by atoms with Crippen LogP contribution in [-0.2, 0) is 11.3 Å². The molecule has 0 bridgehead atoms. The maximum atomic E-state index is 10.5. The summed E-state index contributed by atoms with van der Waals surface area (Å²) in [4.78, 5) is 20.1. The topological polar surface area (TPSA) is 68.0 Å². The molecule has 0 fully saturated rings. The van der Waals surface area contributed by atoms with E-state index in [2.05, 4.69) is 9.97 Å². The Morgan fingerprint density at radius 3 is 3.06 bits per heavy atom. The number of imidazole rings is 1. The second-order valence-electron chi connectivity index (χ2n) is 3.38. The van der Waals surface area contributed by atoms with Gasteiger partial charge in [0.05, 0.1) is 12.3 Å². The molecule has 7 heteroatoms. The smallest absolute Gasteiger partial charge is 0.313 e. The lowest BCUT2D eigenvalue weighted by atomic mass is 10.6. The van der Waals surface area contributed by atoms with E-state index in [0.29, 0.717) is 11.7 Å². The van der Waals surface area contributed by atoms with Crippen molar-refractivity contribution >= 4 is 29.1 Å². The average Bonchev–Trinajstić information content (AvgIpc) is 2.86. The van der Waals surface area contributed by atoms with E-state index in [1.807, 2.05) is 23.9 Å². The lowest BCUT2D eigenvalue weighted by Crippen LogP contribution is -2.03. The average molecular weight is 269 g/mol. The summed E-state index contributed by atoms with van der Waals surface area (Å²) < 4.78 is 1.91. The molecule has 0 atom stereocenters. The quantitative estimate of drug-likeness (QED) is 0.839. The molecule has 0 amide bonds. The van der Waals surface area contributed by atoms with E-state index in [9.17, 15) is 4.79 Å². The number of thiazole rings is 1.